The summed E-state index contributed by atoms with van der Waals surface area (Å²) in [4.78, 5) is 11.2. The number of sulfonamides is 1. The fraction of sp³-hybridized carbons (Fsp3) is 0.500. The van der Waals surface area contributed by atoms with Crippen molar-refractivity contribution in [3.05, 3.63) is 29.6 Å². The summed E-state index contributed by atoms with van der Waals surface area (Å²) in [6.07, 6.45) is 3.75. The van der Waals surface area contributed by atoms with Gasteiger partial charge in [-0.3, -0.25) is 4.79 Å². The largest absolute Gasteiger partial charge is 0.294 e. The average molecular weight is 299 g/mol. The highest BCUT2D eigenvalue weighted by Crippen LogP contribution is 2.22. The maximum absolute atomic E-state index is 13.8. The molecule has 0 spiro atoms. The van der Waals surface area contributed by atoms with Crippen LogP contribution < -0.4 is 4.72 Å². The van der Waals surface area contributed by atoms with Gasteiger partial charge in [-0.05, 0) is 31.0 Å². The predicted octanol–water partition coefficient (Wildman–Crippen LogP) is 2.64. The van der Waals surface area contributed by atoms with Crippen molar-refractivity contribution in [3.63, 3.8) is 0 Å². The molecule has 1 N–H and O–H groups in total. The van der Waals surface area contributed by atoms with Gasteiger partial charge in [-0.25, -0.2) is 17.5 Å². The number of halogens is 1. The van der Waals surface area contributed by atoms with Crippen molar-refractivity contribution in [2.45, 2.75) is 50.0 Å². The zero-order valence-electron chi connectivity index (χ0n) is 11.4. The third-order valence-corrected chi connectivity index (χ3v) is 5.08. The monoisotopic (exact) mass is 299 g/mol. The summed E-state index contributed by atoms with van der Waals surface area (Å²) in [6, 6.07) is 3.34. The van der Waals surface area contributed by atoms with Crippen LogP contribution in [0, 0.1) is 5.82 Å². The highest BCUT2D eigenvalue weighted by molar-refractivity contribution is 7.89. The molecule has 0 aromatic heterocycles. The highest BCUT2D eigenvalue weighted by Gasteiger charge is 2.26. The van der Waals surface area contributed by atoms with Crippen LogP contribution in [0.5, 0.6) is 0 Å². The van der Waals surface area contributed by atoms with Crippen molar-refractivity contribution in [1.29, 1.82) is 0 Å². The number of benzene rings is 1. The third-order valence-electron chi connectivity index (χ3n) is 3.54. The van der Waals surface area contributed by atoms with Crippen LogP contribution in [0.3, 0.4) is 0 Å². The first-order valence-corrected chi connectivity index (χ1v) is 8.27. The maximum atomic E-state index is 13.8. The molecule has 0 aliphatic heterocycles. The lowest BCUT2D eigenvalue weighted by Crippen LogP contribution is -2.33. The minimum Gasteiger partial charge on any atom is -0.294 e. The maximum Gasteiger partial charge on any atom is 0.243 e. The summed E-state index contributed by atoms with van der Waals surface area (Å²) in [5, 5.41) is 0. The molecule has 0 unspecified atom stereocenters. The fourth-order valence-corrected chi connectivity index (χ4v) is 3.82. The van der Waals surface area contributed by atoms with Crippen LogP contribution in [0.15, 0.2) is 23.1 Å². The van der Waals surface area contributed by atoms with Gasteiger partial charge in [0, 0.05) is 18.0 Å². The van der Waals surface area contributed by atoms with E-state index in [9.17, 15) is 17.6 Å². The minimum absolute atomic E-state index is 0.134. The molecule has 0 saturated heterocycles. The molecule has 1 saturated carbocycles. The second kappa shape index (κ2) is 6.01. The SMILES string of the molecule is CCC(=O)c1ccc(F)c(S(=O)(=O)NC2CCCC2)c1. The van der Waals surface area contributed by atoms with Gasteiger partial charge < -0.3 is 0 Å². The van der Waals surface area contributed by atoms with Crippen LogP contribution in [-0.4, -0.2) is 20.2 Å². The molecule has 0 heterocycles. The second-order valence-electron chi connectivity index (χ2n) is 5.02. The molecule has 0 atom stereocenters. The van der Waals surface area contributed by atoms with Crippen LogP contribution in [0.1, 0.15) is 49.4 Å². The number of carbonyl (C=O) groups excluding carboxylic acids is 1. The number of ketones is 1. The minimum atomic E-state index is -3.92. The number of carbonyl (C=O) groups is 1. The van der Waals surface area contributed by atoms with Crippen LogP contribution in [0.4, 0.5) is 4.39 Å². The summed E-state index contributed by atoms with van der Waals surface area (Å²) in [5.74, 6) is -1.04. The lowest BCUT2D eigenvalue weighted by Gasteiger charge is -2.13. The van der Waals surface area contributed by atoms with Crippen molar-refractivity contribution < 1.29 is 17.6 Å². The van der Waals surface area contributed by atoms with Gasteiger partial charge in [0.15, 0.2) is 5.78 Å². The molecule has 0 bridgehead atoms. The zero-order valence-corrected chi connectivity index (χ0v) is 12.2. The highest BCUT2D eigenvalue weighted by atomic mass is 32.2. The van der Waals surface area contributed by atoms with E-state index in [2.05, 4.69) is 4.72 Å². The molecule has 1 aromatic rings. The Morgan fingerprint density at radius 1 is 1.35 bits per heavy atom. The van der Waals surface area contributed by atoms with E-state index in [0.29, 0.717) is 0 Å². The van der Waals surface area contributed by atoms with Crippen molar-refractivity contribution in [2.75, 3.05) is 0 Å². The van der Waals surface area contributed by atoms with E-state index >= 15 is 0 Å². The average Bonchev–Trinajstić information content (AvgIpc) is 2.90. The van der Waals surface area contributed by atoms with E-state index in [1.165, 1.54) is 6.07 Å². The molecule has 6 heteroatoms. The Bertz CT molecular complexity index is 607. The summed E-state index contributed by atoms with van der Waals surface area (Å²) in [6.45, 7) is 1.68. The number of rotatable bonds is 5. The Morgan fingerprint density at radius 3 is 2.60 bits per heavy atom. The quantitative estimate of drug-likeness (QED) is 0.850. The van der Waals surface area contributed by atoms with E-state index < -0.39 is 20.7 Å². The molecule has 1 fully saturated rings. The summed E-state index contributed by atoms with van der Waals surface area (Å²) >= 11 is 0. The van der Waals surface area contributed by atoms with E-state index in [1.807, 2.05) is 0 Å². The summed E-state index contributed by atoms with van der Waals surface area (Å²) in [5.41, 5.74) is 0.223. The van der Waals surface area contributed by atoms with Gasteiger partial charge in [0.05, 0.1) is 0 Å². The molecular weight excluding hydrogens is 281 g/mol. The molecule has 4 nitrogen and oxygen atoms in total. The van der Waals surface area contributed by atoms with E-state index in [1.54, 1.807) is 6.92 Å². The lowest BCUT2D eigenvalue weighted by molar-refractivity contribution is 0.0988. The summed E-state index contributed by atoms with van der Waals surface area (Å²) in [7, 11) is -3.92. The van der Waals surface area contributed by atoms with Gasteiger partial charge in [-0.2, -0.15) is 0 Å². The first-order valence-electron chi connectivity index (χ1n) is 6.79. The van der Waals surface area contributed by atoms with Gasteiger partial charge in [0.1, 0.15) is 10.7 Å². The summed E-state index contributed by atoms with van der Waals surface area (Å²) < 4.78 is 40.7. The Labute approximate surface area is 118 Å². The van der Waals surface area contributed by atoms with Gasteiger partial charge in [-0.15, -0.1) is 0 Å². The predicted molar refractivity (Wildman–Crippen MR) is 73.6 cm³/mol. The lowest BCUT2D eigenvalue weighted by atomic mass is 10.1. The number of Topliss-reactive ketones (excluding diaryl/α,β-unsaturated/α-hetero) is 1. The Hall–Kier alpha value is -1.27. The molecule has 1 aliphatic rings. The Balaban J connectivity index is 2.32. The fourth-order valence-electron chi connectivity index (χ4n) is 2.41. The van der Waals surface area contributed by atoms with Gasteiger partial charge in [0.2, 0.25) is 10.0 Å². The van der Waals surface area contributed by atoms with Crippen molar-refractivity contribution in [3.8, 4) is 0 Å². The first kappa shape index (κ1) is 15.1. The third kappa shape index (κ3) is 3.24. The van der Waals surface area contributed by atoms with E-state index in [0.717, 1.165) is 37.8 Å². The molecule has 110 valence electrons. The van der Waals surface area contributed by atoms with Crippen LogP contribution in [0.25, 0.3) is 0 Å². The molecule has 1 aliphatic carbocycles. The van der Waals surface area contributed by atoms with Gasteiger partial charge >= 0.3 is 0 Å². The number of hydrogen-bond acceptors (Lipinski definition) is 3. The topological polar surface area (TPSA) is 63.2 Å². The number of hydrogen-bond donors (Lipinski definition) is 1. The Morgan fingerprint density at radius 2 is 2.00 bits per heavy atom. The van der Waals surface area contributed by atoms with Crippen molar-refractivity contribution in [1.82, 2.24) is 4.72 Å². The van der Waals surface area contributed by atoms with Gasteiger partial charge in [-0.1, -0.05) is 19.8 Å². The zero-order chi connectivity index (χ0) is 14.8. The molecule has 1 aromatic carbocycles. The van der Waals surface area contributed by atoms with Crippen molar-refractivity contribution >= 4 is 15.8 Å². The van der Waals surface area contributed by atoms with Crippen LogP contribution in [0.2, 0.25) is 0 Å². The number of nitrogens with one attached hydrogen (secondary N) is 1. The molecule has 0 amide bonds. The normalized spacial score (nSPS) is 16.5. The molecule has 2 rings (SSSR count). The molecule has 0 radical (unpaired) electrons. The van der Waals surface area contributed by atoms with Crippen LogP contribution in [-0.2, 0) is 10.0 Å². The first-order chi connectivity index (χ1) is 9.44. The van der Waals surface area contributed by atoms with Crippen molar-refractivity contribution in [2.24, 2.45) is 0 Å². The Kier molecular flexibility index (Phi) is 4.55. The standard InChI is InChI=1S/C14H18FNO3S/c1-2-13(17)10-7-8-12(15)14(9-10)20(18,19)16-11-5-3-4-6-11/h7-9,11,16H,2-6H2,1H3. The smallest absolute Gasteiger partial charge is 0.243 e. The van der Waals surface area contributed by atoms with Crippen LogP contribution >= 0.6 is 0 Å². The van der Waals surface area contributed by atoms with E-state index in [-0.39, 0.29) is 23.8 Å². The molecular formula is C14H18FNO3S. The van der Waals surface area contributed by atoms with Gasteiger partial charge in [0.25, 0.3) is 0 Å². The van der Waals surface area contributed by atoms with E-state index in [4.69, 9.17) is 0 Å². The second-order valence-corrected chi connectivity index (χ2v) is 6.71. The molecule has 20 heavy (non-hydrogen) atoms.